The highest BCUT2D eigenvalue weighted by atomic mass is 19.4. The summed E-state index contributed by atoms with van der Waals surface area (Å²) >= 11 is 0. The average molecular weight is 262 g/mol. The number of unbranched alkanes of at least 4 members (excludes halogenated alkanes) is 1. The number of benzene rings is 1. The molecular formula is C11H13F3N2O2. The minimum Gasteiger partial charge on any atom is -0.379 e. The summed E-state index contributed by atoms with van der Waals surface area (Å²) in [7, 11) is 0. The van der Waals surface area contributed by atoms with Crippen molar-refractivity contribution in [1.82, 2.24) is 0 Å². The van der Waals surface area contributed by atoms with Crippen LogP contribution < -0.4 is 5.32 Å². The Hall–Kier alpha value is -1.79. The van der Waals surface area contributed by atoms with Gasteiger partial charge in [0.25, 0.3) is 5.69 Å². The molecule has 0 saturated heterocycles. The van der Waals surface area contributed by atoms with Gasteiger partial charge in [0.05, 0.1) is 10.5 Å². The van der Waals surface area contributed by atoms with Crippen LogP contribution in [-0.4, -0.2) is 11.5 Å². The molecule has 1 N–H and O–H groups in total. The van der Waals surface area contributed by atoms with Crippen molar-refractivity contribution < 1.29 is 18.1 Å². The zero-order chi connectivity index (χ0) is 13.8. The van der Waals surface area contributed by atoms with Gasteiger partial charge in [-0.1, -0.05) is 13.3 Å². The number of hydrogen-bond acceptors (Lipinski definition) is 3. The highest BCUT2D eigenvalue weighted by Gasteiger charge is 2.32. The summed E-state index contributed by atoms with van der Waals surface area (Å²) in [4.78, 5) is 10.00. The maximum absolute atomic E-state index is 12.5. The molecule has 7 heteroatoms. The van der Waals surface area contributed by atoms with Gasteiger partial charge in [-0.05, 0) is 18.6 Å². The number of rotatable bonds is 5. The first-order valence-corrected chi connectivity index (χ1v) is 5.45. The number of nitrogens with one attached hydrogen (secondary N) is 1. The number of nitrogens with zero attached hydrogens (tertiary/aromatic N) is 1. The highest BCUT2D eigenvalue weighted by molar-refractivity contribution is 5.63. The summed E-state index contributed by atoms with van der Waals surface area (Å²) in [6, 6.07) is 2.36. The topological polar surface area (TPSA) is 55.2 Å². The van der Waals surface area contributed by atoms with E-state index in [1.165, 1.54) is 0 Å². The third-order valence-corrected chi connectivity index (χ3v) is 2.37. The number of nitro benzene ring substituents is 1. The van der Waals surface area contributed by atoms with Crippen molar-refractivity contribution in [1.29, 1.82) is 0 Å². The number of hydrogen-bond donors (Lipinski definition) is 1. The fourth-order valence-electron chi connectivity index (χ4n) is 1.41. The Kier molecular flexibility index (Phi) is 4.52. The standard InChI is InChI=1S/C11H13F3N2O2/c1-2-3-6-15-9-7-8(11(12,13)14)4-5-10(9)16(17)18/h4-5,7,15H,2-3,6H2,1H3. The van der Waals surface area contributed by atoms with Crippen molar-refractivity contribution in [2.75, 3.05) is 11.9 Å². The molecule has 1 aromatic rings. The molecule has 0 saturated carbocycles. The fourth-order valence-corrected chi connectivity index (χ4v) is 1.41. The van der Waals surface area contributed by atoms with Crippen molar-refractivity contribution in [3.05, 3.63) is 33.9 Å². The Morgan fingerprint density at radius 2 is 2.06 bits per heavy atom. The lowest BCUT2D eigenvalue weighted by atomic mass is 10.1. The molecule has 4 nitrogen and oxygen atoms in total. The maximum atomic E-state index is 12.5. The highest BCUT2D eigenvalue weighted by Crippen LogP contribution is 2.34. The Balaban J connectivity index is 3.04. The zero-order valence-corrected chi connectivity index (χ0v) is 9.75. The molecule has 0 spiro atoms. The quantitative estimate of drug-likeness (QED) is 0.498. The van der Waals surface area contributed by atoms with Gasteiger partial charge in [0.2, 0.25) is 0 Å². The first-order valence-electron chi connectivity index (χ1n) is 5.45. The largest absolute Gasteiger partial charge is 0.416 e. The Morgan fingerprint density at radius 3 is 2.56 bits per heavy atom. The lowest BCUT2D eigenvalue weighted by Gasteiger charge is -2.10. The van der Waals surface area contributed by atoms with Crippen LogP contribution in [0.1, 0.15) is 25.3 Å². The van der Waals surface area contributed by atoms with Crippen molar-refractivity contribution in [2.24, 2.45) is 0 Å². The van der Waals surface area contributed by atoms with Gasteiger partial charge in [-0.15, -0.1) is 0 Å². The smallest absolute Gasteiger partial charge is 0.379 e. The van der Waals surface area contributed by atoms with E-state index in [2.05, 4.69) is 5.32 Å². The van der Waals surface area contributed by atoms with Gasteiger partial charge < -0.3 is 5.32 Å². The lowest BCUT2D eigenvalue weighted by molar-refractivity contribution is -0.384. The zero-order valence-electron chi connectivity index (χ0n) is 9.75. The molecule has 0 bridgehead atoms. The molecule has 0 aliphatic heterocycles. The fraction of sp³-hybridized carbons (Fsp3) is 0.455. The number of halogens is 3. The summed E-state index contributed by atoms with van der Waals surface area (Å²) in [5.74, 6) is 0. The minimum atomic E-state index is -4.50. The molecule has 1 rings (SSSR count). The van der Waals surface area contributed by atoms with Crippen LogP contribution in [0, 0.1) is 10.1 Å². The molecule has 100 valence electrons. The van der Waals surface area contributed by atoms with Gasteiger partial charge in [-0.25, -0.2) is 0 Å². The molecule has 0 atom stereocenters. The molecule has 0 fully saturated rings. The lowest BCUT2D eigenvalue weighted by Crippen LogP contribution is -2.09. The van der Waals surface area contributed by atoms with E-state index >= 15 is 0 Å². The normalized spacial score (nSPS) is 11.3. The van der Waals surface area contributed by atoms with Crippen LogP contribution in [0.15, 0.2) is 18.2 Å². The first-order chi connectivity index (χ1) is 8.36. The maximum Gasteiger partial charge on any atom is 0.416 e. The van der Waals surface area contributed by atoms with E-state index < -0.39 is 16.7 Å². The SMILES string of the molecule is CCCCNc1cc(C(F)(F)F)ccc1[N+](=O)[O-]. The molecule has 0 unspecified atom stereocenters. The molecule has 0 aromatic heterocycles. The molecule has 0 aliphatic rings. The van der Waals surface area contributed by atoms with Gasteiger partial charge in [0, 0.05) is 12.6 Å². The van der Waals surface area contributed by atoms with Crippen LogP contribution in [0.4, 0.5) is 24.5 Å². The predicted octanol–water partition coefficient (Wildman–Crippen LogP) is 3.83. The van der Waals surface area contributed by atoms with E-state index in [1.54, 1.807) is 0 Å². The van der Waals surface area contributed by atoms with E-state index in [-0.39, 0.29) is 11.4 Å². The van der Waals surface area contributed by atoms with Crippen LogP contribution in [0.5, 0.6) is 0 Å². The molecular weight excluding hydrogens is 249 g/mol. The molecule has 0 aliphatic carbocycles. The summed E-state index contributed by atoms with van der Waals surface area (Å²) < 4.78 is 37.5. The summed E-state index contributed by atoms with van der Waals surface area (Å²) in [5, 5.41) is 13.4. The second-order valence-electron chi connectivity index (χ2n) is 3.77. The summed E-state index contributed by atoms with van der Waals surface area (Å²) in [6.07, 6.45) is -2.93. The van der Waals surface area contributed by atoms with Gasteiger partial charge in [0.15, 0.2) is 0 Å². The number of anilines is 1. The van der Waals surface area contributed by atoms with Crippen molar-refractivity contribution >= 4 is 11.4 Å². The van der Waals surface area contributed by atoms with E-state index in [4.69, 9.17) is 0 Å². The van der Waals surface area contributed by atoms with Crippen LogP contribution in [0.25, 0.3) is 0 Å². The molecule has 18 heavy (non-hydrogen) atoms. The van der Waals surface area contributed by atoms with Gasteiger partial charge >= 0.3 is 6.18 Å². The van der Waals surface area contributed by atoms with E-state index in [1.807, 2.05) is 6.92 Å². The monoisotopic (exact) mass is 262 g/mol. The van der Waals surface area contributed by atoms with Gasteiger partial charge in [-0.3, -0.25) is 10.1 Å². The minimum absolute atomic E-state index is 0.0942. The summed E-state index contributed by atoms with van der Waals surface area (Å²) in [6.45, 7) is 2.32. The Morgan fingerprint density at radius 1 is 1.39 bits per heavy atom. The van der Waals surface area contributed by atoms with Crippen LogP contribution in [0.3, 0.4) is 0 Å². The van der Waals surface area contributed by atoms with Crippen LogP contribution >= 0.6 is 0 Å². The molecule has 1 aromatic carbocycles. The molecule has 0 radical (unpaired) electrons. The van der Waals surface area contributed by atoms with Crippen molar-refractivity contribution in [3.63, 3.8) is 0 Å². The predicted molar refractivity (Wildman–Crippen MR) is 61.5 cm³/mol. The van der Waals surface area contributed by atoms with E-state index in [0.717, 1.165) is 25.0 Å². The van der Waals surface area contributed by atoms with Crippen LogP contribution in [-0.2, 0) is 6.18 Å². The number of alkyl halides is 3. The first kappa shape index (κ1) is 14.3. The van der Waals surface area contributed by atoms with E-state index in [9.17, 15) is 23.3 Å². The third kappa shape index (κ3) is 3.61. The van der Waals surface area contributed by atoms with Gasteiger partial charge in [-0.2, -0.15) is 13.2 Å². The second kappa shape index (κ2) is 5.70. The van der Waals surface area contributed by atoms with Gasteiger partial charge in [0.1, 0.15) is 5.69 Å². The Labute approximate surface area is 102 Å². The molecule has 0 heterocycles. The molecule has 0 amide bonds. The third-order valence-electron chi connectivity index (χ3n) is 2.37. The summed E-state index contributed by atoms with van der Waals surface area (Å²) in [5.41, 5.74) is -1.34. The second-order valence-corrected chi connectivity index (χ2v) is 3.77. The Bertz CT molecular complexity index is 433. The van der Waals surface area contributed by atoms with Crippen molar-refractivity contribution in [2.45, 2.75) is 25.9 Å². The number of nitro groups is 1. The van der Waals surface area contributed by atoms with E-state index in [0.29, 0.717) is 12.6 Å². The van der Waals surface area contributed by atoms with Crippen LogP contribution in [0.2, 0.25) is 0 Å². The average Bonchev–Trinajstić information content (AvgIpc) is 2.27. The van der Waals surface area contributed by atoms with Crippen molar-refractivity contribution in [3.8, 4) is 0 Å².